The quantitative estimate of drug-likeness (QED) is 0.884. The van der Waals surface area contributed by atoms with Crippen LogP contribution in [0, 0.1) is 0 Å². The van der Waals surface area contributed by atoms with Gasteiger partial charge in [-0.25, -0.2) is 0 Å². The number of nitrogens with zero attached hydrogens (tertiary/aromatic N) is 1. The molecule has 5 heteroatoms. The molecule has 0 spiro atoms. The van der Waals surface area contributed by atoms with Crippen molar-refractivity contribution in [3.8, 4) is 5.88 Å². The van der Waals surface area contributed by atoms with Gasteiger partial charge < -0.3 is 10.1 Å². The third kappa shape index (κ3) is 3.42. The number of halogens is 2. The Kier molecular flexibility index (Phi) is 4.95. The molecule has 1 saturated carbocycles. The first-order valence-electron chi connectivity index (χ1n) is 6.47. The Bertz CT molecular complexity index is 406. The van der Waals surface area contributed by atoms with E-state index in [-0.39, 0.29) is 6.10 Å². The average Bonchev–Trinajstić information content (AvgIpc) is 2.37. The van der Waals surface area contributed by atoms with Gasteiger partial charge in [0.05, 0.1) is 5.02 Å². The average molecular weight is 289 g/mol. The number of pyridine rings is 1. The van der Waals surface area contributed by atoms with Crippen LogP contribution < -0.4 is 10.1 Å². The Morgan fingerprint density at radius 3 is 2.67 bits per heavy atom. The minimum absolute atomic E-state index is 0.236. The normalized spacial score (nSPS) is 16.6. The topological polar surface area (TPSA) is 34.2 Å². The zero-order chi connectivity index (χ0) is 13.0. The van der Waals surface area contributed by atoms with Crippen LogP contribution in [0.25, 0.3) is 0 Å². The van der Waals surface area contributed by atoms with Gasteiger partial charge in [-0.2, -0.15) is 4.98 Å². The van der Waals surface area contributed by atoms with Gasteiger partial charge in [0.25, 0.3) is 0 Å². The van der Waals surface area contributed by atoms with Crippen LogP contribution in [0.2, 0.25) is 10.0 Å². The molecule has 0 unspecified atom stereocenters. The minimum atomic E-state index is 0.236. The second-order valence-corrected chi connectivity index (χ2v) is 5.33. The summed E-state index contributed by atoms with van der Waals surface area (Å²) in [5.74, 6) is 1.12. The first-order valence-corrected chi connectivity index (χ1v) is 7.23. The summed E-state index contributed by atoms with van der Waals surface area (Å²) in [5.41, 5.74) is 0. The van der Waals surface area contributed by atoms with Crippen LogP contribution in [0.1, 0.15) is 39.0 Å². The molecule has 0 amide bonds. The first kappa shape index (κ1) is 13.8. The summed E-state index contributed by atoms with van der Waals surface area (Å²) in [6.45, 7) is 2.76. The summed E-state index contributed by atoms with van der Waals surface area (Å²) in [5, 5.41) is 4.10. The van der Waals surface area contributed by atoms with E-state index < -0.39 is 0 Å². The van der Waals surface area contributed by atoms with Crippen molar-refractivity contribution in [1.82, 2.24) is 4.98 Å². The van der Waals surface area contributed by atoms with Crippen LogP contribution in [0.5, 0.6) is 5.88 Å². The van der Waals surface area contributed by atoms with Crippen LogP contribution in [0.15, 0.2) is 6.07 Å². The third-order valence-electron chi connectivity index (χ3n) is 3.07. The van der Waals surface area contributed by atoms with Crippen molar-refractivity contribution in [2.75, 3.05) is 11.9 Å². The Balaban J connectivity index is 2.12. The van der Waals surface area contributed by atoms with Gasteiger partial charge in [-0.15, -0.1) is 0 Å². The molecule has 100 valence electrons. The van der Waals surface area contributed by atoms with Gasteiger partial charge in [0, 0.05) is 6.54 Å². The lowest BCUT2D eigenvalue weighted by atomic mass is 9.98. The summed E-state index contributed by atoms with van der Waals surface area (Å²) in [7, 11) is 0. The zero-order valence-electron chi connectivity index (χ0n) is 10.5. The van der Waals surface area contributed by atoms with E-state index in [2.05, 4.69) is 10.3 Å². The summed E-state index contributed by atoms with van der Waals surface area (Å²) in [4.78, 5) is 4.36. The van der Waals surface area contributed by atoms with E-state index in [1.807, 2.05) is 6.92 Å². The van der Waals surface area contributed by atoms with Crippen LogP contribution in [0.4, 0.5) is 5.82 Å². The van der Waals surface area contributed by atoms with Crippen molar-refractivity contribution in [1.29, 1.82) is 0 Å². The van der Waals surface area contributed by atoms with Crippen LogP contribution in [-0.4, -0.2) is 17.6 Å². The molecule has 1 heterocycles. The maximum Gasteiger partial charge on any atom is 0.234 e. The minimum Gasteiger partial charge on any atom is -0.473 e. The predicted molar refractivity (Wildman–Crippen MR) is 75.9 cm³/mol. The van der Waals surface area contributed by atoms with E-state index in [9.17, 15) is 0 Å². The number of ether oxygens (including phenoxy) is 1. The summed E-state index contributed by atoms with van der Waals surface area (Å²) in [6, 6.07) is 1.69. The highest BCUT2D eigenvalue weighted by Gasteiger charge is 2.18. The molecule has 18 heavy (non-hydrogen) atoms. The van der Waals surface area contributed by atoms with E-state index in [0.29, 0.717) is 21.7 Å². The summed E-state index contributed by atoms with van der Waals surface area (Å²) in [6.07, 6.45) is 6.13. The lowest BCUT2D eigenvalue weighted by Crippen LogP contribution is -2.20. The fraction of sp³-hybridized carbons (Fsp3) is 0.615. The molecule has 1 fully saturated rings. The standard InChI is InChI=1S/C13H18Cl2N2O/c1-2-16-12-10(14)8-11(15)13(17-12)18-9-6-4-3-5-7-9/h8-9H,2-7H2,1H3,(H,16,17). The van der Waals surface area contributed by atoms with Crippen LogP contribution in [-0.2, 0) is 0 Å². The van der Waals surface area contributed by atoms with Crippen molar-refractivity contribution in [2.24, 2.45) is 0 Å². The van der Waals surface area contributed by atoms with E-state index >= 15 is 0 Å². The largest absolute Gasteiger partial charge is 0.473 e. The maximum atomic E-state index is 6.12. The highest BCUT2D eigenvalue weighted by Crippen LogP contribution is 2.32. The molecular formula is C13H18Cl2N2O. The van der Waals surface area contributed by atoms with Gasteiger partial charge in [0.15, 0.2) is 0 Å². The molecule has 2 rings (SSSR count). The Hall–Kier alpha value is -0.670. The Morgan fingerprint density at radius 1 is 1.28 bits per heavy atom. The number of hydrogen-bond donors (Lipinski definition) is 1. The van der Waals surface area contributed by atoms with Crippen molar-refractivity contribution >= 4 is 29.0 Å². The van der Waals surface area contributed by atoms with Crippen LogP contribution in [0.3, 0.4) is 0 Å². The molecule has 0 aliphatic heterocycles. The zero-order valence-corrected chi connectivity index (χ0v) is 12.0. The van der Waals surface area contributed by atoms with Gasteiger partial charge in [0.1, 0.15) is 16.9 Å². The summed E-state index contributed by atoms with van der Waals surface area (Å²) < 4.78 is 5.89. The molecule has 1 aromatic heterocycles. The smallest absolute Gasteiger partial charge is 0.234 e. The second-order valence-electron chi connectivity index (χ2n) is 4.51. The molecule has 0 bridgehead atoms. The van der Waals surface area contributed by atoms with Gasteiger partial charge in [-0.05, 0) is 38.7 Å². The van der Waals surface area contributed by atoms with E-state index in [0.717, 1.165) is 19.4 Å². The molecule has 1 aliphatic rings. The predicted octanol–water partition coefficient (Wildman–Crippen LogP) is 4.53. The number of anilines is 1. The van der Waals surface area contributed by atoms with Gasteiger partial charge in [-0.1, -0.05) is 29.6 Å². The van der Waals surface area contributed by atoms with E-state index in [1.54, 1.807) is 6.07 Å². The van der Waals surface area contributed by atoms with Gasteiger partial charge in [0.2, 0.25) is 5.88 Å². The first-order chi connectivity index (χ1) is 8.70. The number of nitrogens with one attached hydrogen (secondary N) is 1. The lowest BCUT2D eigenvalue weighted by molar-refractivity contribution is 0.149. The fourth-order valence-electron chi connectivity index (χ4n) is 2.16. The molecular weight excluding hydrogens is 271 g/mol. The van der Waals surface area contributed by atoms with Crippen LogP contribution >= 0.6 is 23.2 Å². The highest BCUT2D eigenvalue weighted by molar-refractivity contribution is 6.36. The molecule has 1 N–H and O–H groups in total. The third-order valence-corrected chi connectivity index (χ3v) is 3.63. The van der Waals surface area contributed by atoms with Gasteiger partial charge >= 0.3 is 0 Å². The molecule has 1 aromatic rings. The molecule has 0 aromatic carbocycles. The molecule has 0 radical (unpaired) electrons. The number of aromatic nitrogens is 1. The maximum absolute atomic E-state index is 6.12. The number of hydrogen-bond acceptors (Lipinski definition) is 3. The Labute approximate surface area is 118 Å². The van der Waals surface area contributed by atoms with E-state index in [4.69, 9.17) is 27.9 Å². The van der Waals surface area contributed by atoms with Crippen molar-refractivity contribution in [2.45, 2.75) is 45.1 Å². The monoisotopic (exact) mass is 288 g/mol. The van der Waals surface area contributed by atoms with Gasteiger partial charge in [-0.3, -0.25) is 0 Å². The highest BCUT2D eigenvalue weighted by atomic mass is 35.5. The fourth-order valence-corrected chi connectivity index (χ4v) is 2.63. The molecule has 3 nitrogen and oxygen atoms in total. The molecule has 0 saturated heterocycles. The lowest BCUT2D eigenvalue weighted by Gasteiger charge is -2.23. The van der Waals surface area contributed by atoms with Crippen molar-refractivity contribution < 1.29 is 4.74 Å². The van der Waals surface area contributed by atoms with Crippen molar-refractivity contribution in [3.63, 3.8) is 0 Å². The Morgan fingerprint density at radius 2 is 2.00 bits per heavy atom. The molecule has 0 atom stereocenters. The van der Waals surface area contributed by atoms with E-state index in [1.165, 1.54) is 19.3 Å². The summed E-state index contributed by atoms with van der Waals surface area (Å²) >= 11 is 12.2. The SMILES string of the molecule is CCNc1nc(OC2CCCCC2)c(Cl)cc1Cl. The second kappa shape index (κ2) is 6.48. The number of rotatable bonds is 4. The molecule has 1 aliphatic carbocycles. The van der Waals surface area contributed by atoms with Crippen molar-refractivity contribution in [3.05, 3.63) is 16.1 Å².